The Morgan fingerprint density at radius 2 is 1.33 bits per heavy atom. The van der Waals surface area contributed by atoms with Gasteiger partial charge in [0, 0.05) is 9.75 Å². The van der Waals surface area contributed by atoms with Crippen LogP contribution in [0.2, 0.25) is 0 Å². The standard InChI is InChI=1S/C8H6S2.BHO/c1-3-7(9-5-1)8-4-2-6-10-8;1-2/h1-6H;2H. The molecule has 0 aliphatic carbocycles. The summed E-state index contributed by atoms with van der Waals surface area (Å²) in [5.41, 5.74) is 0. The zero-order valence-corrected chi connectivity index (χ0v) is 7.94. The van der Waals surface area contributed by atoms with Crippen molar-refractivity contribution in [2.75, 3.05) is 0 Å². The van der Waals surface area contributed by atoms with Crippen molar-refractivity contribution in [2.24, 2.45) is 0 Å². The highest BCUT2D eigenvalue weighted by molar-refractivity contribution is 7.20. The fourth-order valence-corrected chi connectivity index (χ4v) is 2.42. The van der Waals surface area contributed by atoms with E-state index in [0.717, 1.165) is 0 Å². The molecule has 12 heavy (non-hydrogen) atoms. The van der Waals surface area contributed by atoms with Gasteiger partial charge in [-0.15, -0.1) is 22.7 Å². The van der Waals surface area contributed by atoms with Crippen LogP contribution in [0.5, 0.6) is 0 Å². The first kappa shape index (κ1) is 9.51. The van der Waals surface area contributed by atoms with E-state index in [0.29, 0.717) is 0 Å². The normalized spacial score (nSPS) is 8.75. The third-order valence-electron chi connectivity index (χ3n) is 1.29. The Kier molecular flexibility index (Phi) is 4.07. The Morgan fingerprint density at radius 1 is 0.917 bits per heavy atom. The van der Waals surface area contributed by atoms with Gasteiger partial charge in [-0.2, -0.15) is 0 Å². The summed E-state index contributed by atoms with van der Waals surface area (Å²) in [7, 11) is 3.50. The van der Waals surface area contributed by atoms with Crippen LogP contribution in [0, 0.1) is 0 Å². The molecular formula is C8H7BOS2. The van der Waals surface area contributed by atoms with Crippen molar-refractivity contribution in [3.8, 4) is 9.75 Å². The molecular weight excluding hydrogens is 187 g/mol. The third kappa shape index (κ3) is 2.20. The molecule has 0 unspecified atom stereocenters. The average molecular weight is 194 g/mol. The van der Waals surface area contributed by atoms with Crippen molar-refractivity contribution in [3.63, 3.8) is 0 Å². The highest BCUT2D eigenvalue weighted by Crippen LogP contribution is 2.28. The van der Waals surface area contributed by atoms with E-state index in [2.05, 4.69) is 43.1 Å². The van der Waals surface area contributed by atoms with Crippen molar-refractivity contribution >= 4 is 30.7 Å². The van der Waals surface area contributed by atoms with E-state index in [1.165, 1.54) is 9.75 Å². The predicted molar refractivity (Wildman–Crippen MR) is 55.6 cm³/mol. The van der Waals surface area contributed by atoms with Crippen LogP contribution in [0.25, 0.3) is 9.75 Å². The molecule has 0 aliphatic heterocycles. The maximum atomic E-state index is 6.50. The molecule has 0 saturated carbocycles. The van der Waals surface area contributed by atoms with Gasteiger partial charge in [-0.1, -0.05) is 12.1 Å². The van der Waals surface area contributed by atoms with Crippen LogP contribution < -0.4 is 0 Å². The zero-order chi connectivity index (χ0) is 8.81. The highest BCUT2D eigenvalue weighted by Gasteiger charge is 1.96. The smallest absolute Gasteiger partial charge is 0.277 e. The first-order valence-corrected chi connectivity index (χ1v) is 5.06. The van der Waals surface area contributed by atoms with Crippen molar-refractivity contribution in [1.82, 2.24) is 0 Å². The largest absolute Gasteiger partial charge is 0.461 e. The van der Waals surface area contributed by atoms with Crippen LogP contribution in [0.1, 0.15) is 0 Å². The number of rotatable bonds is 1. The van der Waals surface area contributed by atoms with Gasteiger partial charge < -0.3 is 5.02 Å². The average Bonchev–Trinajstić information content (AvgIpc) is 2.80. The lowest BCUT2D eigenvalue weighted by Crippen LogP contribution is -1.55. The van der Waals surface area contributed by atoms with Crippen LogP contribution in [-0.2, 0) is 0 Å². The quantitative estimate of drug-likeness (QED) is 0.691. The predicted octanol–water partition coefficient (Wildman–Crippen LogP) is 2.54. The van der Waals surface area contributed by atoms with E-state index in [1.54, 1.807) is 22.7 Å². The van der Waals surface area contributed by atoms with Gasteiger partial charge in [-0.05, 0) is 22.9 Å². The van der Waals surface area contributed by atoms with Crippen molar-refractivity contribution in [1.29, 1.82) is 0 Å². The lowest BCUT2D eigenvalue weighted by molar-refractivity contribution is 0.629. The second-order valence-electron chi connectivity index (χ2n) is 1.95. The van der Waals surface area contributed by atoms with E-state index in [4.69, 9.17) is 5.02 Å². The molecule has 4 heteroatoms. The molecule has 2 radical (unpaired) electrons. The number of hydrogen-bond donors (Lipinski definition) is 1. The monoisotopic (exact) mass is 194 g/mol. The Bertz CT molecular complexity index is 256. The van der Waals surface area contributed by atoms with Crippen molar-refractivity contribution in [2.45, 2.75) is 0 Å². The lowest BCUT2D eigenvalue weighted by Gasteiger charge is -1.84. The fourth-order valence-electron chi connectivity index (χ4n) is 0.838. The summed E-state index contributed by atoms with van der Waals surface area (Å²) in [6, 6.07) is 8.46. The van der Waals surface area contributed by atoms with Gasteiger partial charge >= 0.3 is 0 Å². The molecule has 0 aliphatic rings. The van der Waals surface area contributed by atoms with Gasteiger partial charge in [0.15, 0.2) is 0 Å². The van der Waals surface area contributed by atoms with Crippen LogP contribution >= 0.6 is 22.7 Å². The first-order chi connectivity index (χ1) is 5.97. The summed E-state index contributed by atoms with van der Waals surface area (Å²) in [5, 5.41) is 10.7. The molecule has 1 N–H and O–H groups in total. The molecule has 0 bridgehead atoms. The van der Waals surface area contributed by atoms with Crippen LogP contribution in [0.15, 0.2) is 35.0 Å². The second-order valence-corrected chi connectivity index (χ2v) is 3.85. The Hall–Kier alpha value is -0.575. The summed E-state index contributed by atoms with van der Waals surface area (Å²) < 4.78 is 0. The summed E-state index contributed by atoms with van der Waals surface area (Å²) in [6.45, 7) is 0. The second kappa shape index (κ2) is 5.14. The molecule has 2 aromatic rings. The molecule has 2 aromatic heterocycles. The topological polar surface area (TPSA) is 20.2 Å². The Balaban J connectivity index is 0.000000336. The third-order valence-corrected chi connectivity index (χ3v) is 3.22. The van der Waals surface area contributed by atoms with Crippen LogP contribution in [0.4, 0.5) is 0 Å². The minimum absolute atomic E-state index is 1.37. The molecule has 0 spiro atoms. The Morgan fingerprint density at radius 3 is 1.58 bits per heavy atom. The van der Waals surface area contributed by atoms with Gasteiger partial charge in [0.25, 0.3) is 8.05 Å². The SMILES string of the molecule is [B]O.c1csc(-c2cccs2)c1. The van der Waals surface area contributed by atoms with Crippen LogP contribution in [-0.4, -0.2) is 13.1 Å². The van der Waals surface area contributed by atoms with Crippen molar-refractivity contribution in [3.05, 3.63) is 35.0 Å². The summed E-state index contributed by atoms with van der Waals surface area (Å²) in [4.78, 5) is 2.74. The van der Waals surface area contributed by atoms with E-state index < -0.39 is 0 Å². The number of hydrogen-bond acceptors (Lipinski definition) is 3. The van der Waals surface area contributed by atoms with Gasteiger partial charge in [0.1, 0.15) is 0 Å². The van der Waals surface area contributed by atoms with E-state index >= 15 is 0 Å². The van der Waals surface area contributed by atoms with E-state index in [1.807, 2.05) is 0 Å². The number of thiophene rings is 2. The summed E-state index contributed by atoms with van der Waals surface area (Å²) in [5.74, 6) is 0. The van der Waals surface area contributed by atoms with Crippen LogP contribution in [0.3, 0.4) is 0 Å². The molecule has 0 saturated heterocycles. The molecule has 2 rings (SSSR count). The van der Waals surface area contributed by atoms with Gasteiger partial charge in [-0.3, -0.25) is 0 Å². The lowest BCUT2D eigenvalue weighted by atomic mass is 10.4. The molecule has 0 atom stereocenters. The van der Waals surface area contributed by atoms with Gasteiger partial charge in [0.2, 0.25) is 0 Å². The molecule has 60 valence electrons. The van der Waals surface area contributed by atoms with Crippen molar-refractivity contribution < 1.29 is 5.02 Å². The van der Waals surface area contributed by atoms with E-state index in [-0.39, 0.29) is 0 Å². The Labute approximate surface area is 80.8 Å². The molecule has 0 aromatic carbocycles. The highest BCUT2D eigenvalue weighted by atomic mass is 32.1. The zero-order valence-electron chi connectivity index (χ0n) is 6.31. The minimum Gasteiger partial charge on any atom is -0.461 e. The molecule has 0 fully saturated rings. The van der Waals surface area contributed by atoms with Gasteiger partial charge in [-0.25, -0.2) is 0 Å². The maximum Gasteiger partial charge on any atom is 0.277 e. The molecule has 0 amide bonds. The maximum absolute atomic E-state index is 6.50. The summed E-state index contributed by atoms with van der Waals surface area (Å²) >= 11 is 3.58. The van der Waals surface area contributed by atoms with Gasteiger partial charge in [0.05, 0.1) is 0 Å². The summed E-state index contributed by atoms with van der Waals surface area (Å²) in [6.07, 6.45) is 0. The molecule has 1 nitrogen and oxygen atoms in total. The fraction of sp³-hybridized carbons (Fsp3) is 0. The molecule has 2 heterocycles. The minimum atomic E-state index is 1.37. The first-order valence-electron chi connectivity index (χ1n) is 3.30. The van der Waals surface area contributed by atoms with E-state index in [9.17, 15) is 0 Å².